The second kappa shape index (κ2) is 5.17. The van der Waals surface area contributed by atoms with Crippen LogP contribution in [0.3, 0.4) is 0 Å². The number of carbonyl (C=O) groups is 2. The molecule has 1 fully saturated rings. The zero-order valence-electron chi connectivity index (χ0n) is 10.8. The molecule has 2 rings (SSSR count). The number of methoxy groups -OCH3 is 2. The third-order valence-electron chi connectivity index (χ3n) is 3.15. The van der Waals surface area contributed by atoms with Gasteiger partial charge < -0.3 is 19.5 Å². The molecule has 102 valence electrons. The van der Waals surface area contributed by atoms with Crippen molar-refractivity contribution in [1.82, 2.24) is 0 Å². The van der Waals surface area contributed by atoms with Gasteiger partial charge in [-0.2, -0.15) is 0 Å². The van der Waals surface area contributed by atoms with E-state index in [0.717, 1.165) is 0 Å². The Kier molecular flexibility index (Phi) is 3.59. The molecule has 0 aromatic heterocycles. The largest absolute Gasteiger partial charge is 0.493 e. The monoisotopic (exact) mass is 265 g/mol. The molecule has 1 amide bonds. The number of para-hydroxylation sites is 1. The van der Waals surface area contributed by atoms with Gasteiger partial charge in [-0.15, -0.1) is 0 Å². The van der Waals surface area contributed by atoms with E-state index >= 15 is 0 Å². The zero-order chi connectivity index (χ0) is 14.0. The van der Waals surface area contributed by atoms with Crippen LogP contribution in [0, 0.1) is 5.92 Å². The predicted molar refractivity (Wildman–Crippen MR) is 67.6 cm³/mol. The maximum atomic E-state index is 11.9. The lowest BCUT2D eigenvalue weighted by atomic mass is 10.1. The Morgan fingerprint density at radius 2 is 2.11 bits per heavy atom. The smallest absolute Gasteiger partial charge is 0.308 e. The summed E-state index contributed by atoms with van der Waals surface area (Å²) in [7, 11) is 2.99. The third kappa shape index (κ3) is 2.33. The van der Waals surface area contributed by atoms with E-state index < -0.39 is 11.9 Å². The van der Waals surface area contributed by atoms with Crippen LogP contribution in [0.1, 0.15) is 6.42 Å². The molecule has 6 heteroatoms. The van der Waals surface area contributed by atoms with Gasteiger partial charge in [0.2, 0.25) is 5.91 Å². The SMILES string of the molecule is COc1cccc(N2CC(C(=O)O)CC2=O)c1OC. The zero-order valence-corrected chi connectivity index (χ0v) is 10.8. The molecule has 1 saturated heterocycles. The Balaban J connectivity index is 2.37. The van der Waals surface area contributed by atoms with Gasteiger partial charge in [0, 0.05) is 13.0 Å². The summed E-state index contributed by atoms with van der Waals surface area (Å²) < 4.78 is 10.4. The number of aliphatic carboxylic acids is 1. The van der Waals surface area contributed by atoms with Crippen molar-refractivity contribution in [3.63, 3.8) is 0 Å². The van der Waals surface area contributed by atoms with Gasteiger partial charge in [0.1, 0.15) is 0 Å². The molecule has 1 aliphatic heterocycles. The molecule has 0 radical (unpaired) electrons. The molecule has 1 atom stereocenters. The quantitative estimate of drug-likeness (QED) is 0.883. The second-order valence-corrected chi connectivity index (χ2v) is 4.26. The van der Waals surface area contributed by atoms with Gasteiger partial charge in [0.05, 0.1) is 25.8 Å². The van der Waals surface area contributed by atoms with Crippen molar-refractivity contribution in [2.75, 3.05) is 25.7 Å². The molecule has 1 aromatic rings. The molecule has 6 nitrogen and oxygen atoms in total. The summed E-state index contributed by atoms with van der Waals surface area (Å²) in [5, 5.41) is 8.99. The molecule has 0 saturated carbocycles. The van der Waals surface area contributed by atoms with Crippen LogP contribution in [-0.4, -0.2) is 37.7 Å². The number of ether oxygens (including phenoxy) is 2. The van der Waals surface area contributed by atoms with Crippen LogP contribution in [0.25, 0.3) is 0 Å². The van der Waals surface area contributed by atoms with Crippen LogP contribution < -0.4 is 14.4 Å². The van der Waals surface area contributed by atoms with Gasteiger partial charge in [0.25, 0.3) is 0 Å². The summed E-state index contributed by atoms with van der Waals surface area (Å²) in [5.74, 6) is -0.920. The fourth-order valence-electron chi connectivity index (χ4n) is 2.19. The highest BCUT2D eigenvalue weighted by Gasteiger charge is 2.36. The van der Waals surface area contributed by atoms with E-state index in [9.17, 15) is 9.59 Å². The van der Waals surface area contributed by atoms with Crippen molar-refractivity contribution >= 4 is 17.6 Å². The first kappa shape index (κ1) is 13.2. The molecule has 1 N–H and O–H groups in total. The number of carboxylic acid groups (broad SMARTS) is 1. The number of carbonyl (C=O) groups excluding carboxylic acids is 1. The van der Waals surface area contributed by atoms with Gasteiger partial charge in [-0.1, -0.05) is 6.07 Å². The summed E-state index contributed by atoms with van der Waals surface area (Å²) in [4.78, 5) is 24.3. The van der Waals surface area contributed by atoms with Crippen LogP contribution in [0.15, 0.2) is 18.2 Å². The second-order valence-electron chi connectivity index (χ2n) is 4.26. The Labute approximate surface area is 110 Å². The van der Waals surface area contributed by atoms with Gasteiger partial charge in [-0.3, -0.25) is 9.59 Å². The Hall–Kier alpha value is -2.24. The van der Waals surface area contributed by atoms with Gasteiger partial charge in [-0.25, -0.2) is 0 Å². The van der Waals surface area contributed by atoms with Gasteiger partial charge in [0.15, 0.2) is 11.5 Å². The van der Waals surface area contributed by atoms with Crippen LogP contribution >= 0.6 is 0 Å². The number of benzene rings is 1. The van der Waals surface area contributed by atoms with E-state index in [1.54, 1.807) is 18.2 Å². The van der Waals surface area contributed by atoms with E-state index in [-0.39, 0.29) is 18.9 Å². The number of carboxylic acids is 1. The minimum Gasteiger partial charge on any atom is -0.493 e. The normalized spacial score (nSPS) is 18.5. The average molecular weight is 265 g/mol. The lowest BCUT2D eigenvalue weighted by molar-refractivity contribution is -0.141. The lowest BCUT2D eigenvalue weighted by Gasteiger charge is -2.20. The maximum absolute atomic E-state index is 11.9. The van der Waals surface area contributed by atoms with E-state index in [1.807, 2.05) is 0 Å². The molecule has 0 bridgehead atoms. The Bertz CT molecular complexity index is 514. The van der Waals surface area contributed by atoms with Crippen molar-refractivity contribution in [2.45, 2.75) is 6.42 Å². The number of nitrogens with zero attached hydrogens (tertiary/aromatic N) is 1. The van der Waals surface area contributed by atoms with Crippen molar-refractivity contribution < 1.29 is 24.2 Å². The third-order valence-corrected chi connectivity index (χ3v) is 3.15. The number of rotatable bonds is 4. The van der Waals surface area contributed by atoms with E-state index in [4.69, 9.17) is 14.6 Å². The molecule has 0 spiro atoms. The summed E-state index contributed by atoms with van der Waals surface area (Å²) >= 11 is 0. The minimum atomic E-state index is -0.960. The number of anilines is 1. The van der Waals surface area contributed by atoms with Crippen molar-refractivity contribution in [3.8, 4) is 11.5 Å². The molecule has 0 aliphatic carbocycles. The predicted octanol–water partition coefficient (Wildman–Crippen LogP) is 1.14. The topological polar surface area (TPSA) is 76.1 Å². The number of hydrogen-bond acceptors (Lipinski definition) is 4. The summed E-state index contributed by atoms with van der Waals surface area (Å²) in [6, 6.07) is 5.17. The van der Waals surface area contributed by atoms with Crippen LogP contribution in [0.4, 0.5) is 5.69 Å². The lowest BCUT2D eigenvalue weighted by Crippen LogP contribution is -2.26. The Morgan fingerprint density at radius 3 is 2.63 bits per heavy atom. The fraction of sp³-hybridized carbons (Fsp3) is 0.385. The molecule has 1 unspecified atom stereocenters. The molecular weight excluding hydrogens is 250 g/mol. The molecular formula is C13H15NO5. The van der Waals surface area contributed by atoms with E-state index in [1.165, 1.54) is 19.1 Å². The minimum absolute atomic E-state index is 0.00962. The number of amides is 1. The Morgan fingerprint density at radius 1 is 1.37 bits per heavy atom. The van der Waals surface area contributed by atoms with Crippen molar-refractivity contribution in [1.29, 1.82) is 0 Å². The first-order valence-corrected chi connectivity index (χ1v) is 5.82. The highest BCUT2D eigenvalue weighted by atomic mass is 16.5. The first-order valence-electron chi connectivity index (χ1n) is 5.82. The molecule has 1 aliphatic rings. The fourth-order valence-corrected chi connectivity index (χ4v) is 2.19. The summed E-state index contributed by atoms with van der Waals surface area (Å²) in [6.07, 6.45) is 0.00962. The van der Waals surface area contributed by atoms with Gasteiger partial charge >= 0.3 is 5.97 Å². The van der Waals surface area contributed by atoms with Gasteiger partial charge in [-0.05, 0) is 12.1 Å². The highest BCUT2D eigenvalue weighted by Crippen LogP contribution is 2.39. The van der Waals surface area contributed by atoms with E-state index in [2.05, 4.69) is 0 Å². The van der Waals surface area contributed by atoms with Crippen LogP contribution in [0.5, 0.6) is 11.5 Å². The molecule has 19 heavy (non-hydrogen) atoms. The molecule has 1 heterocycles. The van der Waals surface area contributed by atoms with Crippen molar-refractivity contribution in [3.05, 3.63) is 18.2 Å². The van der Waals surface area contributed by atoms with Crippen molar-refractivity contribution in [2.24, 2.45) is 5.92 Å². The standard InChI is InChI=1S/C13H15NO5/c1-18-10-5-3-4-9(12(10)19-2)14-7-8(13(16)17)6-11(14)15/h3-5,8H,6-7H2,1-2H3,(H,16,17). The average Bonchev–Trinajstić information content (AvgIpc) is 2.79. The summed E-state index contributed by atoms with van der Waals surface area (Å²) in [5.41, 5.74) is 0.538. The van der Waals surface area contributed by atoms with E-state index in [0.29, 0.717) is 17.2 Å². The first-order chi connectivity index (χ1) is 9.08. The maximum Gasteiger partial charge on any atom is 0.308 e. The number of hydrogen-bond donors (Lipinski definition) is 1. The summed E-state index contributed by atoms with van der Waals surface area (Å²) in [6.45, 7) is 0.150. The highest BCUT2D eigenvalue weighted by molar-refractivity contribution is 6.00. The van der Waals surface area contributed by atoms with Crippen LogP contribution in [-0.2, 0) is 9.59 Å². The molecule has 1 aromatic carbocycles. The van der Waals surface area contributed by atoms with Crippen LogP contribution in [0.2, 0.25) is 0 Å².